The average Bonchev–Trinajstić information content (AvgIpc) is 3.28. The van der Waals surface area contributed by atoms with Crippen molar-refractivity contribution < 1.29 is 41.8 Å². The Labute approximate surface area is 162 Å². The summed E-state index contributed by atoms with van der Waals surface area (Å²) in [5.74, 6) is -10.3. The fourth-order valence-electron chi connectivity index (χ4n) is 3.74. The molecule has 0 unspecified atom stereocenters. The molecule has 10 heteroatoms. The van der Waals surface area contributed by atoms with E-state index in [9.17, 15) is 37.1 Å². The predicted octanol–water partition coefficient (Wildman–Crippen LogP) is 1.87. The number of anilines is 1. The van der Waals surface area contributed by atoms with E-state index in [1.807, 2.05) is 0 Å². The number of carbonyl (C=O) groups excluding carboxylic acids is 3. The third kappa shape index (κ3) is 4.25. The lowest BCUT2D eigenvalue weighted by molar-refractivity contribution is -0.255. The summed E-state index contributed by atoms with van der Waals surface area (Å²) in [5, 5.41) is 13.3. The first-order valence-electron chi connectivity index (χ1n) is 8.73. The van der Waals surface area contributed by atoms with Gasteiger partial charge in [-0.2, -0.15) is 8.78 Å². The molecule has 1 aromatic rings. The Bertz CT molecular complexity index is 840. The van der Waals surface area contributed by atoms with Gasteiger partial charge in [-0.15, -0.1) is 0 Å². The first-order valence-corrected chi connectivity index (χ1v) is 8.73. The van der Waals surface area contributed by atoms with Crippen molar-refractivity contribution in [3.8, 4) is 0 Å². The second kappa shape index (κ2) is 7.84. The Morgan fingerprint density at radius 2 is 1.69 bits per heavy atom. The Morgan fingerprint density at radius 3 is 2.24 bits per heavy atom. The summed E-state index contributed by atoms with van der Waals surface area (Å²) in [6.07, 6.45) is -0.114. The molecule has 2 bridgehead atoms. The van der Waals surface area contributed by atoms with Gasteiger partial charge in [-0.3, -0.25) is 9.59 Å². The summed E-state index contributed by atoms with van der Waals surface area (Å²) in [5.41, 5.74) is 0.176. The second-order valence-corrected chi connectivity index (χ2v) is 7.02. The van der Waals surface area contributed by atoms with Gasteiger partial charge in [-0.1, -0.05) is 24.3 Å². The smallest absolute Gasteiger partial charge is 0.340 e. The first-order chi connectivity index (χ1) is 13.6. The minimum Gasteiger partial charge on any atom is -0.545 e. The van der Waals surface area contributed by atoms with Crippen molar-refractivity contribution in [3.63, 3.8) is 0 Å². The number of ether oxygens (including phenoxy) is 1. The van der Waals surface area contributed by atoms with Crippen molar-refractivity contribution in [2.45, 2.75) is 18.8 Å². The topological polar surface area (TPSA) is 95.5 Å². The number of hydrogen-bond donors (Lipinski definition) is 1. The average molecular weight is 414 g/mol. The van der Waals surface area contributed by atoms with Crippen LogP contribution in [0.15, 0.2) is 36.4 Å². The molecule has 0 radical (unpaired) electrons. The van der Waals surface area contributed by atoms with E-state index in [2.05, 4.69) is 10.1 Å². The van der Waals surface area contributed by atoms with Crippen LogP contribution >= 0.6 is 0 Å². The summed E-state index contributed by atoms with van der Waals surface area (Å²) in [7, 11) is 0. The zero-order valence-electron chi connectivity index (χ0n) is 14.8. The van der Waals surface area contributed by atoms with E-state index in [-0.39, 0.29) is 17.2 Å². The maximum absolute atomic E-state index is 13.0. The Hall–Kier alpha value is -2.91. The second-order valence-electron chi connectivity index (χ2n) is 7.02. The Kier molecular flexibility index (Phi) is 5.63. The van der Waals surface area contributed by atoms with Gasteiger partial charge in [-0.05, 0) is 36.0 Å². The largest absolute Gasteiger partial charge is 0.545 e. The Balaban J connectivity index is 1.69. The lowest BCUT2D eigenvalue weighted by Gasteiger charge is -2.26. The molecule has 0 heterocycles. The molecule has 1 saturated carbocycles. The van der Waals surface area contributed by atoms with Crippen LogP contribution in [-0.4, -0.2) is 36.8 Å². The van der Waals surface area contributed by atoms with Gasteiger partial charge >= 0.3 is 18.3 Å². The molecule has 156 valence electrons. The van der Waals surface area contributed by atoms with Crippen molar-refractivity contribution in [1.82, 2.24) is 0 Å². The maximum atomic E-state index is 13.0. The number of carbonyl (C=O) groups is 3. The molecule has 2 aliphatic rings. The number of amides is 1. The summed E-state index contributed by atoms with van der Waals surface area (Å²) in [6, 6.07) is 5.12. The van der Waals surface area contributed by atoms with E-state index in [4.69, 9.17) is 0 Å². The number of fused-ring (bicyclic) bond motifs is 2. The number of rotatable bonds is 7. The van der Waals surface area contributed by atoms with Gasteiger partial charge in [0.25, 0.3) is 0 Å². The molecule has 1 aromatic carbocycles. The summed E-state index contributed by atoms with van der Waals surface area (Å²) in [6.45, 7) is -1.76. The predicted molar refractivity (Wildman–Crippen MR) is 89.0 cm³/mol. The van der Waals surface area contributed by atoms with E-state index in [0.29, 0.717) is 6.42 Å². The van der Waals surface area contributed by atoms with Crippen LogP contribution in [0.5, 0.6) is 0 Å². The van der Waals surface area contributed by atoms with E-state index in [1.54, 1.807) is 12.2 Å². The summed E-state index contributed by atoms with van der Waals surface area (Å²) in [4.78, 5) is 35.8. The molecule has 2 aliphatic carbocycles. The number of esters is 1. The van der Waals surface area contributed by atoms with E-state index in [0.717, 1.165) is 0 Å². The fourth-order valence-corrected chi connectivity index (χ4v) is 3.74. The quantitative estimate of drug-likeness (QED) is 0.418. The number of hydrogen-bond acceptors (Lipinski definition) is 5. The third-order valence-corrected chi connectivity index (χ3v) is 5.15. The van der Waals surface area contributed by atoms with Crippen LogP contribution in [0.1, 0.15) is 16.8 Å². The number of allylic oxidation sites excluding steroid dienone is 2. The van der Waals surface area contributed by atoms with Gasteiger partial charge in [0.1, 0.15) is 0 Å². The van der Waals surface area contributed by atoms with E-state index >= 15 is 0 Å². The lowest BCUT2D eigenvalue weighted by Crippen LogP contribution is -2.40. The molecule has 1 amide bonds. The van der Waals surface area contributed by atoms with Gasteiger partial charge < -0.3 is 20.0 Å². The minimum absolute atomic E-state index is 0.0905. The minimum atomic E-state index is -4.47. The molecule has 6 nitrogen and oxygen atoms in total. The molecule has 1 fully saturated rings. The standard InChI is InChI=1S/C19H17F4NO5/c20-18(21)19(22,23)8-29-17(28)14-11-2-1-10(7-11)13(14)15(25)24-12-5-3-9(4-6-12)16(26)27/h1-6,10-11,13-14,18H,7-8H2,(H,24,25)(H,26,27)/p-1/t10-,11-,13-,14-/m0/s1. The number of alkyl halides is 4. The number of halogens is 4. The zero-order valence-corrected chi connectivity index (χ0v) is 14.8. The van der Waals surface area contributed by atoms with E-state index < -0.39 is 54.6 Å². The SMILES string of the molecule is O=C([O-])c1ccc(NC(=O)[C@@H]2[C@@H](C(=O)OCC(F)(F)C(F)F)[C@H]3C=C[C@H]2C3)cc1. The molecule has 1 N–H and O–H groups in total. The van der Waals surface area contributed by atoms with Crippen molar-refractivity contribution in [1.29, 1.82) is 0 Å². The van der Waals surface area contributed by atoms with Crippen LogP contribution in [0, 0.1) is 23.7 Å². The lowest BCUT2D eigenvalue weighted by atomic mass is 9.82. The molecule has 0 spiro atoms. The van der Waals surface area contributed by atoms with Crippen LogP contribution < -0.4 is 10.4 Å². The van der Waals surface area contributed by atoms with Crippen LogP contribution in [-0.2, 0) is 14.3 Å². The van der Waals surface area contributed by atoms with Gasteiger partial charge in [0.15, 0.2) is 6.61 Å². The van der Waals surface area contributed by atoms with Crippen LogP contribution in [0.4, 0.5) is 23.2 Å². The van der Waals surface area contributed by atoms with Gasteiger partial charge in [0.2, 0.25) is 5.91 Å². The highest BCUT2D eigenvalue weighted by Gasteiger charge is 2.53. The van der Waals surface area contributed by atoms with Crippen molar-refractivity contribution in [3.05, 3.63) is 42.0 Å². The van der Waals surface area contributed by atoms with Crippen molar-refractivity contribution >= 4 is 23.5 Å². The Morgan fingerprint density at radius 1 is 1.10 bits per heavy atom. The van der Waals surface area contributed by atoms with Gasteiger partial charge in [0, 0.05) is 5.69 Å². The van der Waals surface area contributed by atoms with Gasteiger partial charge in [0.05, 0.1) is 17.8 Å². The summed E-state index contributed by atoms with van der Waals surface area (Å²) < 4.78 is 55.0. The zero-order chi connectivity index (χ0) is 21.3. The van der Waals surface area contributed by atoms with E-state index in [1.165, 1.54) is 24.3 Å². The molecule has 29 heavy (non-hydrogen) atoms. The van der Waals surface area contributed by atoms with Crippen molar-refractivity contribution in [2.24, 2.45) is 23.7 Å². The number of carboxylic acids is 1. The highest BCUT2D eigenvalue weighted by molar-refractivity contribution is 5.97. The molecular weight excluding hydrogens is 398 g/mol. The van der Waals surface area contributed by atoms with Crippen LogP contribution in [0.25, 0.3) is 0 Å². The normalized spacial score (nSPS) is 25.3. The number of nitrogens with one attached hydrogen (secondary N) is 1. The maximum Gasteiger partial charge on any atom is 0.340 e. The van der Waals surface area contributed by atoms with Gasteiger partial charge in [-0.25, -0.2) is 8.78 Å². The molecule has 0 aliphatic heterocycles. The van der Waals surface area contributed by atoms with Crippen LogP contribution in [0.2, 0.25) is 0 Å². The highest BCUT2D eigenvalue weighted by Crippen LogP contribution is 2.49. The van der Waals surface area contributed by atoms with Crippen molar-refractivity contribution in [2.75, 3.05) is 11.9 Å². The fraction of sp³-hybridized carbons (Fsp3) is 0.421. The highest BCUT2D eigenvalue weighted by atomic mass is 19.3. The molecular formula is C19H16F4NO5-. The molecule has 0 aromatic heterocycles. The molecule has 0 saturated heterocycles. The molecule has 4 atom stereocenters. The number of aromatic carboxylic acids is 1. The summed E-state index contributed by atoms with van der Waals surface area (Å²) >= 11 is 0. The number of carboxylic acid groups (broad SMARTS) is 1. The molecule has 3 rings (SSSR count). The monoisotopic (exact) mass is 414 g/mol. The van der Waals surface area contributed by atoms with Crippen LogP contribution in [0.3, 0.4) is 0 Å². The first kappa shape index (κ1) is 20.8. The third-order valence-electron chi connectivity index (χ3n) is 5.15. The number of benzene rings is 1.